The molecule has 17 heavy (non-hydrogen) atoms. The van der Waals surface area contributed by atoms with Crippen molar-refractivity contribution in [3.05, 3.63) is 42.2 Å². The van der Waals surface area contributed by atoms with Crippen LogP contribution in [0.5, 0.6) is 0 Å². The maximum absolute atomic E-state index is 14.0. The van der Waals surface area contributed by atoms with Crippen molar-refractivity contribution in [1.82, 2.24) is 20.1 Å². The lowest BCUT2D eigenvalue weighted by molar-refractivity contribution is 0.594. The van der Waals surface area contributed by atoms with Crippen molar-refractivity contribution in [2.75, 3.05) is 6.54 Å². The first-order chi connectivity index (χ1) is 8.34. The lowest BCUT2D eigenvalue weighted by Crippen LogP contribution is -2.13. The van der Waals surface area contributed by atoms with Crippen molar-refractivity contribution in [3.63, 3.8) is 0 Å². The molecule has 1 atom stereocenters. The number of halogens is 1. The molecule has 1 N–H and O–H groups in total. The maximum Gasteiger partial charge on any atom is 0.149 e. The number of benzene rings is 1. The molecule has 4 nitrogen and oxygen atoms in total. The van der Waals surface area contributed by atoms with Crippen LogP contribution in [0.25, 0.3) is 5.69 Å². The van der Waals surface area contributed by atoms with Crippen LogP contribution < -0.4 is 5.32 Å². The van der Waals surface area contributed by atoms with Crippen LogP contribution in [-0.2, 0) is 0 Å². The summed E-state index contributed by atoms with van der Waals surface area (Å²) in [6.07, 6.45) is 5.11. The fourth-order valence-electron chi connectivity index (χ4n) is 2.23. The van der Waals surface area contributed by atoms with Gasteiger partial charge in [-0.25, -0.2) is 14.1 Å². The van der Waals surface area contributed by atoms with Crippen LogP contribution in [0.3, 0.4) is 0 Å². The number of hydrogen-bond acceptors (Lipinski definition) is 3. The molecule has 1 fully saturated rings. The summed E-state index contributed by atoms with van der Waals surface area (Å²) < 4.78 is 15.4. The molecule has 3 rings (SSSR count). The lowest BCUT2D eigenvalue weighted by atomic mass is 10.0. The molecule has 88 valence electrons. The Balaban J connectivity index is 1.94. The minimum atomic E-state index is -0.262. The standard InChI is InChI=1S/C12H13FN4/c13-10-6-9(11-2-1-5-15-11)3-4-12(10)17-8-14-7-16-17/h3-4,6-8,11,15H,1-2,5H2. The summed E-state index contributed by atoms with van der Waals surface area (Å²) in [6, 6.07) is 5.57. The second-order valence-corrected chi connectivity index (χ2v) is 4.20. The maximum atomic E-state index is 14.0. The van der Waals surface area contributed by atoms with E-state index in [-0.39, 0.29) is 11.9 Å². The van der Waals surface area contributed by atoms with Crippen molar-refractivity contribution in [2.24, 2.45) is 0 Å². The zero-order chi connectivity index (χ0) is 11.7. The molecule has 1 aromatic carbocycles. The second kappa shape index (κ2) is 4.25. The quantitative estimate of drug-likeness (QED) is 0.859. The number of aromatic nitrogens is 3. The first-order valence-corrected chi connectivity index (χ1v) is 5.72. The van der Waals surface area contributed by atoms with Crippen molar-refractivity contribution in [1.29, 1.82) is 0 Å². The van der Waals surface area contributed by atoms with E-state index in [1.165, 1.54) is 17.3 Å². The van der Waals surface area contributed by atoms with E-state index in [0.29, 0.717) is 5.69 Å². The molecule has 2 heterocycles. The molecule has 0 bridgehead atoms. The van der Waals surface area contributed by atoms with E-state index in [1.807, 2.05) is 6.07 Å². The predicted molar refractivity (Wildman–Crippen MR) is 61.3 cm³/mol. The molecule has 0 aliphatic carbocycles. The predicted octanol–water partition coefficient (Wildman–Crippen LogP) is 1.83. The summed E-state index contributed by atoms with van der Waals surface area (Å²) in [5.41, 5.74) is 1.44. The fourth-order valence-corrected chi connectivity index (χ4v) is 2.23. The Morgan fingerprint density at radius 3 is 3.00 bits per heavy atom. The van der Waals surface area contributed by atoms with Gasteiger partial charge in [0.25, 0.3) is 0 Å². The topological polar surface area (TPSA) is 42.7 Å². The van der Waals surface area contributed by atoms with Crippen molar-refractivity contribution >= 4 is 0 Å². The molecule has 1 aliphatic heterocycles. The van der Waals surface area contributed by atoms with Gasteiger partial charge in [0.2, 0.25) is 0 Å². The van der Waals surface area contributed by atoms with Gasteiger partial charge < -0.3 is 5.32 Å². The highest BCUT2D eigenvalue weighted by molar-refractivity contribution is 5.36. The van der Waals surface area contributed by atoms with Gasteiger partial charge in [-0.15, -0.1) is 0 Å². The van der Waals surface area contributed by atoms with E-state index >= 15 is 0 Å². The molecule has 1 saturated heterocycles. The first kappa shape index (κ1) is 10.4. The number of rotatable bonds is 2. The van der Waals surface area contributed by atoms with Crippen LogP contribution in [0, 0.1) is 5.82 Å². The van der Waals surface area contributed by atoms with Crippen molar-refractivity contribution < 1.29 is 4.39 Å². The second-order valence-electron chi connectivity index (χ2n) is 4.20. The molecule has 1 aliphatic rings. The Morgan fingerprint density at radius 1 is 1.41 bits per heavy atom. The Kier molecular flexibility index (Phi) is 2.60. The third kappa shape index (κ3) is 1.93. The molecular weight excluding hydrogens is 219 g/mol. The summed E-state index contributed by atoms with van der Waals surface area (Å²) in [5, 5.41) is 7.28. The summed E-state index contributed by atoms with van der Waals surface area (Å²) in [6.45, 7) is 1.01. The van der Waals surface area contributed by atoms with Gasteiger partial charge in [-0.3, -0.25) is 0 Å². The summed E-state index contributed by atoms with van der Waals surface area (Å²) >= 11 is 0. The fraction of sp³-hybridized carbons (Fsp3) is 0.333. The Bertz CT molecular complexity index is 503. The smallest absolute Gasteiger partial charge is 0.149 e. The third-order valence-corrected chi connectivity index (χ3v) is 3.10. The number of hydrogen-bond donors (Lipinski definition) is 1. The first-order valence-electron chi connectivity index (χ1n) is 5.72. The van der Waals surface area contributed by atoms with Gasteiger partial charge in [0.05, 0.1) is 0 Å². The van der Waals surface area contributed by atoms with Crippen LogP contribution >= 0.6 is 0 Å². The molecule has 0 spiro atoms. The van der Waals surface area contributed by atoms with Gasteiger partial charge in [0, 0.05) is 6.04 Å². The molecule has 0 amide bonds. The summed E-state index contributed by atoms with van der Waals surface area (Å²) in [5.74, 6) is -0.262. The monoisotopic (exact) mass is 232 g/mol. The van der Waals surface area contributed by atoms with E-state index in [2.05, 4.69) is 15.4 Å². The van der Waals surface area contributed by atoms with Crippen molar-refractivity contribution in [3.8, 4) is 5.69 Å². The van der Waals surface area contributed by atoms with Gasteiger partial charge in [-0.05, 0) is 37.1 Å². The largest absolute Gasteiger partial charge is 0.310 e. The van der Waals surface area contributed by atoms with Crippen LogP contribution in [0.1, 0.15) is 24.4 Å². The average Bonchev–Trinajstić information content (AvgIpc) is 3.02. The Morgan fingerprint density at radius 2 is 2.35 bits per heavy atom. The molecule has 5 heteroatoms. The van der Waals surface area contributed by atoms with Gasteiger partial charge in [-0.2, -0.15) is 5.10 Å². The zero-order valence-electron chi connectivity index (χ0n) is 9.31. The molecule has 1 aromatic heterocycles. The lowest BCUT2D eigenvalue weighted by Gasteiger charge is -2.12. The molecule has 0 saturated carbocycles. The SMILES string of the molecule is Fc1cc(C2CCCN2)ccc1-n1cncn1. The molecule has 2 aromatic rings. The normalized spacial score (nSPS) is 19.7. The highest BCUT2D eigenvalue weighted by atomic mass is 19.1. The number of nitrogens with one attached hydrogen (secondary N) is 1. The Hall–Kier alpha value is -1.75. The van der Waals surface area contributed by atoms with Gasteiger partial charge in [0.1, 0.15) is 24.2 Å². The number of nitrogens with zero attached hydrogens (tertiary/aromatic N) is 3. The van der Waals surface area contributed by atoms with Crippen LogP contribution in [0.15, 0.2) is 30.9 Å². The van der Waals surface area contributed by atoms with Crippen LogP contribution in [-0.4, -0.2) is 21.3 Å². The van der Waals surface area contributed by atoms with Crippen LogP contribution in [0.4, 0.5) is 4.39 Å². The summed E-state index contributed by atoms with van der Waals surface area (Å²) in [4.78, 5) is 3.81. The van der Waals surface area contributed by atoms with Gasteiger partial charge >= 0.3 is 0 Å². The molecule has 1 unspecified atom stereocenters. The highest BCUT2D eigenvalue weighted by Gasteiger charge is 2.17. The van der Waals surface area contributed by atoms with Gasteiger partial charge in [-0.1, -0.05) is 6.07 Å². The zero-order valence-corrected chi connectivity index (χ0v) is 9.31. The molecular formula is C12H13FN4. The Labute approximate surface area is 98.5 Å². The average molecular weight is 232 g/mol. The minimum Gasteiger partial charge on any atom is -0.310 e. The highest BCUT2D eigenvalue weighted by Crippen LogP contribution is 2.25. The minimum absolute atomic E-state index is 0.262. The van der Waals surface area contributed by atoms with E-state index in [9.17, 15) is 4.39 Å². The third-order valence-electron chi connectivity index (χ3n) is 3.10. The van der Waals surface area contributed by atoms with E-state index in [0.717, 1.165) is 24.9 Å². The van der Waals surface area contributed by atoms with Crippen LogP contribution in [0.2, 0.25) is 0 Å². The molecule has 0 radical (unpaired) electrons. The van der Waals surface area contributed by atoms with E-state index in [1.54, 1.807) is 12.1 Å². The van der Waals surface area contributed by atoms with Crippen molar-refractivity contribution in [2.45, 2.75) is 18.9 Å². The van der Waals surface area contributed by atoms with E-state index in [4.69, 9.17) is 0 Å². The van der Waals surface area contributed by atoms with E-state index < -0.39 is 0 Å². The summed E-state index contributed by atoms with van der Waals surface area (Å²) in [7, 11) is 0. The van der Waals surface area contributed by atoms with Gasteiger partial charge in [0.15, 0.2) is 0 Å².